The fourth-order valence-electron chi connectivity index (χ4n) is 2.01. The van der Waals surface area contributed by atoms with Gasteiger partial charge in [-0.1, -0.05) is 20.8 Å². The highest BCUT2D eigenvalue weighted by atomic mass is 15.3. The van der Waals surface area contributed by atoms with E-state index in [1.807, 2.05) is 0 Å². The van der Waals surface area contributed by atoms with Gasteiger partial charge in [0, 0.05) is 18.3 Å². The summed E-state index contributed by atoms with van der Waals surface area (Å²) in [6, 6.07) is 2.80. The molecule has 3 heteroatoms. The van der Waals surface area contributed by atoms with Gasteiger partial charge < -0.3 is 5.32 Å². The molecule has 0 spiro atoms. The average Bonchev–Trinajstić information content (AvgIpc) is 2.64. The lowest BCUT2D eigenvalue weighted by Gasteiger charge is -2.15. The van der Waals surface area contributed by atoms with E-state index in [0.717, 1.165) is 31.1 Å². The van der Waals surface area contributed by atoms with E-state index in [-0.39, 0.29) is 0 Å². The summed E-state index contributed by atoms with van der Waals surface area (Å²) < 4.78 is 2.12. The highest BCUT2D eigenvalue weighted by Gasteiger charge is 2.07. The van der Waals surface area contributed by atoms with E-state index < -0.39 is 0 Å². The fourth-order valence-corrected chi connectivity index (χ4v) is 2.01. The normalized spacial score (nSPS) is 13.3. The average molecular weight is 237 g/mol. The molecule has 0 amide bonds. The SMILES string of the molecule is CCn1nc(C)cc1CCC(C)CNC(C)C. The Morgan fingerprint density at radius 2 is 2.06 bits per heavy atom. The summed E-state index contributed by atoms with van der Waals surface area (Å²) in [5, 5.41) is 7.98. The monoisotopic (exact) mass is 237 g/mol. The number of hydrogen-bond acceptors (Lipinski definition) is 2. The van der Waals surface area contributed by atoms with Gasteiger partial charge in [-0.15, -0.1) is 0 Å². The molecule has 0 aliphatic heterocycles. The predicted molar refractivity (Wildman–Crippen MR) is 73.3 cm³/mol. The van der Waals surface area contributed by atoms with Gasteiger partial charge in [-0.2, -0.15) is 5.10 Å². The van der Waals surface area contributed by atoms with Gasteiger partial charge in [0.15, 0.2) is 0 Å². The summed E-state index contributed by atoms with van der Waals surface area (Å²) in [6.07, 6.45) is 2.36. The van der Waals surface area contributed by atoms with Crippen molar-refractivity contribution in [2.75, 3.05) is 6.54 Å². The van der Waals surface area contributed by atoms with Gasteiger partial charge in [-0.3, -0.25) is 4.68 Å². The summed E-state index contributed by atoms with van der Waals surface area (Å²) in [5.41, 5.74) is 2.51. The van der Waals surface area contributed by atoms with Crippen LogP contribution in [0.2, 0.25) is 0 Å². The van der Waals surface area contributed by atoms with Gasteiger partial charge in [0.2, 0.25) is 0 Å². The Bertz CT molecular complexity index is 328. The lowest BCUT2D eigenvalue weighted by Crippen LogP contribution is -2.28. The van der Waals surface area contributed by atoms with E-state index in [1.54, 1.807) is 0 Å². The summed E-state index contributed by atoms with van der Waals surface area (Å²) in [5.74, 6) is 0.720. The van der Waals surface area contributed by atoms with Crippen LogP contribution in [0.1, 0.15) is 45.5 Å². The van der Waals surface area contributed by atoms with Crippen molar-refractivity contribution in [2.24, 2.45) is 5.92 Å². The molecule has 17 heavy (non-hydrogen) atoms. The van der Waals surface area contributed by atoms with Crippen molar-refractivity contribution in [1.29, 1.82) is 0 Å². The molecule has 0 aliphatic rings. The van der Waals surface area contributed by atoms with Crippen LogP contribution in [-0.4, -0.2) is 22.4 Å². The van der Waals surface area contributed by atoms with Crippen LogP contribution in [0.4, 0.5) is 0 Å². The Labute approximate surface area is 106 Å². The van der Waals surface area contributed by atoms with Gasteiger partial charge in [-0.05, 0) is 45.2 Å². The molecule has 1 heterocycles. The van der Waals surface area contributed by atoms with Crippen molar-refractivity contribution in [1.82, 2.24) is 15.1 Å². The van der Waals surface area contributed by atoms with Crippen LogP contribution in [0.15, 0.2) is 6.07 Å². The quantitative estimate of drug-likeness (QED) is 0.790. The first-order valence-electron chi connectivity index (χ1n) is 6.79. The van der Waals surface area contributed by atoms with Gasteiger partial charge in [-0.25, -0.2) is 0 Å². The van der Waals surface area contributed by atoms with Crippen LogP contribution in [0.5, 0.6) is 0 Å². The van der Waals surface area contributed by atoms with Gasteiger partial charge in [0.1, 0.15) is 0 Å². The maximum absolute atomic E-state index is 4.48. The third kappa shape index (κ3) is 4.90. The molecule has 1 unspecified atom stereocenters. The molecule has 0 aliphatic carbocycles. The molecule has 0 radical (unpaired) electrons. The number of aryl methyl sites for hydroxylation is 3. The minimum absolute atomic E-state index is 0.584. The molecule has 1 aromatic rings. The minimum atomic E-state index is 0.584. The van der Waals surface area contributed by atoms with Crippen LogP contribution in [0.25, 0.3) is 0 Å². The second kappa shape index (κ2) is 6.80. The van der Waals surface area contributed by atoms with Crippen LogP contribution in [0, 0.1) is 12.8 Å². The highest BCUT2D eigenvalue weighted by Crippen LogP contribution is 2.11. The molecule has 0 saturated heterocycles. The van der Waals surface area contributed by atoms with Crippen LogP contribution < -0.4 is 5.32 Å². The van der Waals surface area contributed by atoms with E-state index in [0.29, 0.717) is 6.04 Å². The molecule has 1 N–H and O–H groups in total. The summed E-state index contributed by atoms with van der Waals surface area (Å²) in [4.78, 5) is 0. The zero-order valence-electron chi connectivity index (χ0n) is 12.0. The Balaban J connectivity index is 2.38. The van der Waals surface area contributed by atoms with Crippen LogP contribution in [0.3, 0.4) is 0 Å². The van der Waals surface area contributed by atoms with Crippen molar-refractivity contribution < 1.29 is 0 Å². The lowest BCUT2D eigenvalue weighted by molar-refractivity contribution is 0.447. The Morgan fingerprint density at radius 1 is 1.35 bits per heavy atom. The van der Waals surface area contributed by atoms with Crippen molar-refractivity contribution in [3.8, 4) is 0 Å². The summed E-state index contributed by atoms with van der Waals surface area (Å²) in [6.45, 7) is 13.0. The topological polar surface area (TPSA) is 29.9 Å². The maximum Gasteiger partial charge on any atom is 0.0596 e. The first kappa shape index (κ1) is 14.2. The molecule has 98 valence electrons. The lowest BCUT2D eigenvalue weighted by atomic mass is 10.0. The largest absolute Gasteiger partial charge is 0.314 e. The number of rotatable bonds is 7. The zero-order valence-corrected chi connectivity index (χ0v) is 12.0. The van der Waals surface area contributed by atoms with Crippen LogP contribution >= 0.6 is 0 Å². The summed E-state index contributed by atoms with van der Waals surface area (Å²) >= 11 is 0. The first-order chi connectivity index (χ1) is 8.02. The molecule has 1 aromatic heterocycles. The Kier molecular flexibility index (Phi) is 5.69. The second-order valence-corrected chi connectivity index (χ2v) is 5.30. The molecular weight excluding hydrogens is 210 g/mol. The van der Waals surface area contributed by atoms with E-state index in [9.17, 15) is 0 Å². The predicted octanol–water partition coefficient (Wildman–Crippen LogP) is 2.78. The Morgan fingerprint density at radius 3 is 2.65 bits per heavy atom. The van der Waals surface area contributed by atoms with Gasteiger partial charge >= 0.3 is 0 Å². The van der Waals surface area contributed by atoms with E-state index in [4.69, 9.17) is 0 Å². The van der Waals surface area contributed by atoms with Crippen molar-refractivity contribution >= 4 is 0 Å². The van der Waals surface area contributed by atoms with Crippen LogP contribution in [-0.2, 0) is 13.0 Å². The first-order valence-corrected chi connectivity index (χ1v) is 6.79. The number of aromatic nitrogens is 2. The smallest absolute Gasteiger partial charge is 0.0596 e. The fraction of sp³-hybridized carbons (Fsp3) is 0.786. The van der Waals surface area contributed by atoms with E-state index >= 15 is 0 Å². The molecule has 0 saturated carbocycles. The standard InChI is InChI=1S/C14H27N3/c1-6-17-14(9-13(5)16-17)8-7-12(4)10-15-11(2)3/h9,11-12,15H,6-8,10H2,1-5H3. The molecule has 0 bridgehead atoms. The van der Waals surface area contributed by atoms with Crippen molar-refractivity contribution in [2.45, 2.75) is 60.0 Å². The molecule has 3 nitrogen and oxygen atoms in total. The number of nitrogens with one attached hydrogen (secondary N) is 1. The van der Waals surface area contributed by atoms with Crippen molar-refractivity contribution in [3.05, 3.63) is 17.5 Å². The molecule has 0 fully saturated rings. The molecular formula is C14H27N3. The zero-order chi connectivity index (χ0) is 12.8. The van der Waals surface area contributed by atoms with E-state index in [2.05, 4.69) is 55.8 Å². The maximum atomic E-state index is 4.48. The molecule has 0 aromatic carbocycles. The van der Waals surface area contributed by atoms with E-state index in [1.165, 1.54) is 12.1 Å². The van der Waals surface area contributed by atoms with Gasteiger partial charge in [0.05, 0.1) is 5.69 Å². The molecule has 1 rings (SSSR count). The Hall–Kier alpha value is -0.830. The molecule has 1 atom stereocenters. The number of nitrogens with zero attached hydrogens (tertiary/aromatic N) is 2. The number of hydrogen-bond donors (Lipinski definition) is 1. The minimum Gasteiger partial charge on any atom is -0.314 e. The third-order valence-corrected chi connectivity index (χ3v) is 3.05. The second-order valence-electron chi connectivity index (χ2n) is 5.30. The third-order valence-electron chi connectivity index (χ3n) is 3.05. The van der Waals surface area contributed by atoms with Crippen molar-refractivity contribution in [3.63, 3.8) is 0 Å². The summed E-state index contributed by atoms with van der Waals surface area (Å²) in [7, 11) is 0. The highest BCUT2D eigenvalue weighted by molar-refractivity contribution is 5.09. The van der Waals surface area contributed by atoms with Gasteiger partial charge in [0.25, 0.3) is 0 Å².